The van der Waals surface area contributed by atoms with Crippen molar-refractivity contribution in [3.63, 3.8) is 0 Å². The summed E-state index contributed by atoms with van der Waals surface area (Å²) in [6, 6.07) is 10.1. The maximum atomic E-state index is 13.4. The van der Waals surface area contributed by atoms with Crippen LogP contribution in [0.2, 0.25) is 73.5 Å². The maximum Gasteiger partial charge on any atom is 0.500 e. The first-order chi connectivity index (χ1) is 26.1. The Labute approximate surface area is 343 Å². The Kier molecular flexibility index (Phi) is 29.1. The smallest absolute Gasteiger partial charge is 0.377 e. The van der Waals surface area contributed by atoms with Gasteiger partial charge in [-0.15, -0.1) is 0 Å². The molecule has 0 aliphatic rings. The molecule has 0 atom stereocenters. The molecule has 19 heteroatoms. The topological polar surface area (TPSA) is 128 Å². The fraction of sp³-hybridized carbons (Fsp3) is 0.972. The quantitative estimate of drug-likeness (QED) is 0.0552. The monoisotopic (exact) mass is 892 g/mol. The van der Waals surface area contributed by atoms with Crippen molar-refractivity contribution < 1.29 is 57.9 Å². The van der Waals surface area contributed by atoms with Gasteiger partial charge in [-0.25, -0.2) is 0 Å². The summed E-state index contributed by atoms with van der Waals surface area (Å²) in [5.41, 5.74) is 0. The number of rotatable bonds is 38. The van der Waals surface area contributed by atoms with Crippen molar-refractivity contribution in [2.45, 2.75) is 138 Å². The molecular formula is C36H84O13Si6. The number of hydrogen-bond acceptors (Lipinski definition) is 13. The summed E-state index contributed by atoms with van der Waals surface area (Å²) in [5.74, 6) is 0.490. The molecule has 0 fully saturated rings. The molecule has 0 aromatic carbocycles. The van der Waals surface area contributed by atoms with Gasteiger partial charge in [0.25, 0.3) is 0 Å². The van der Waals surface area contributed by atoms with E-state index in [1.165, 1.54) is 12.1 Å². The van der Waals surface area contributed by atoms with E-state index in [9.17, 15) is 4.79 Å². The Morgan fingerprint density at radius 1 is 0.364 bits per heavy atom. The van der Waals surface area contributed by atoms with Crippen LogP contribution in [0.4, 0.5) is 0 Å². The van der Waals surface area contributed by atoms with Gasteiger partial charge in [0.2, 0.25) is 0 Å². The van der Waals surface area contributed by atoms with Crippen molar-refractivity contribution in [3.8, 4) is 0 Å². The van der Waals surface area contributed by atoms with Gasteiger partial charge in [-0.05, 0) is 12.8 Å². The summed E-state index contributed by atoms with van der Waals surface area (Å²) in [4.78, 5) is 13.4. The maximum absolute atomic E-state index is 13.4. The van der Waals surface area contributed by atoms with Crippen molar-refractivity contribution in [1.82, 2.24) is 0 Å². The number of hydrogen-bond donors (Lipinski definition) is 0. The molecule has 0 N–H and O–H groups in total. The first kappa shape index (κ1) is 55.5. The molecule has 0 heterocycles. The van der Waals surface area contributed by atoms with Crippen LogP contribution in [0.25, 0.3) is 0 Å². The van der Waals surface area contributed by atoms with Crippen molar-refractivity contribution in [2.75, 3.05) is 85.3 Å². The minimum absolute atomic E-state index is 0.0959. The standard InChI is InChI=1S/C36H84O13Si6/c1-16-36(37)35(23-17-25-50(14,27-19-31-52(38-2,39-3)40-4)28-20-32-53(41-5,42-6)43-7)24-18-26-51(15,29-21-33-54(44-8,45-9)46-10)30-22-34-55(47-11,48-12)49-13/h35H,16-34H2,1-15H3. The Balaban J connectivity index is 5.86. The Morgan fingerprint density at radius 3 is 0.745 bits per heavy atom. The number of ketones is 1. The van der Waals surface area contributed by atoms with Gasteiger partial charge in [0.15, 0.2) is 0 Å². The highest BCUT2D eigenvalue weighted by molar-refractivity contribution is 6.79. The second-order valence-corrected chi connectivity index (χ2v) is 38.1. The van der Waals surface area contributed by atoms with Gasteiger partial charge in [0, 0.05) is 122 Å². The summed E-state index contributed by atoms with van der Waals surface area (Å²) in [7, 11) is 6.14. The van der Waals surface area contributed by atoms with Crippen LogP contribution in [0.5, 0.6) is 0 Å². The molecule has 0 spiro atoms. The number of carbonyl (C=O) groups excluding carboxylic acids is 1. The van der Waals surface area contributed by atoms with Crippen LogP contribution in [0.1, 0.15) is 64.7 Å². The molecule has 0 saturated carbocycles. The summed E-state index contributed by atoms with van der Waals surface area (Å²) in [5, 5.41) is 0. The van der Waals surface area contributed by atoms with E-state index in [2.05, 4.69) is 13.1 Å². The van der Waals surface area contributed by atoms with Crippen molar-refractivity contribution in [2.24, 2.45) is 5.92 Å². The van der Waals surface area contributed by atoms with E-state index < -0.39 is 51.4 Å². The molecule has 0 aliphatic heterocycles. The predicted molar refractivity (Wildman–Crippen MR) is 234 cm³/mol. The average molecular weight is 894 g/mol. The number of Topliss-reactive ketones (excluding diaryl/α,β-unsaturated/α-hetero) is 1. The van der Waals surface area contributed by atoms with E-state index in [0.29, 0.717) is 12.2 Å². The lowest BCUT2D eigenvalue weighted by Gasteiger charge is -2.32. The molecule has 0 radical (unpaired) electrons. The molecular weight excluding hydrogens is 809 g/mol. The van der Waals surface area contributed by atoms with Gasteiger partial charge in [-0.3, -0.25) is 4.79 Å². The first-order valence-corrected chi connectivity index (χ1v) is 34.2. The SMILES string of the molecule is CCC(=O)C(CCC[Si](C)(CCC[Si](OC)(OC)OC)CCC[Si](OC)(OC)OC)CCC[Si](C)(CCC[Si](OC)(OC)OC)CCC[Si](OC)(OC)OC. The van der Waals surface area contributed by atoms with Gasteiger partial charge >= 0.3 is 35.2 Å². The molecule has 330 valence electrons. The lowest BCUT2D eigenvalue weighted by Crippen LogP contribution is -2.44. The van der Waals surface area contributed by atoms with Crippen LogP contribution in [-0.4, -0.2) is 142 Å². The highest BCUT2D eigenvalue weighted by atomic mass is 28.4. The van der Waals surface area contributed by atoms with E-state index in [0.717, 1.165) is 99.7 Å². The first-order valence-electron chi connectivity index (χ1n) is 20.3. The molecule has 13 nitrogen and oxygen atoms in total. The molecule has 0 bridgehead atoms. The average Bonchev–Trinajstić information content (AvgIpc) is 3.21. The van der Waals surface area contributed by atoms with E-state index in [4.69, 9.17) is 53.1 Å². The fourth-order valence-electron chi connectivity index (χ4n) is 8.21. The third kappa shape index (κ3) is 19.2. The van der Waals surface area contributed by atoms with Crippen LogP contribution in [0, 0.1) is 5.92 Å². The molecule has 55 heavy (non-hydrogen) atoms. The van der Waals surface area contributed by atoms with Crippen LogP contribution >= 0.6 is 0 Å². The zero-order valence-electron chi connectivity index (χ0n) is 37.8. The van der Waals surface area contributed by atoms with Crippen molar-refractivity contribution in [3.05, 3.63) is 0 Å². The zero-order valence-corrected chi connectivity index (χ0v) is 43.8. The minimum Gasteiger partial charge on any atom is -0.377 e. The zero-order chi connectivity index (χ0) is 42.1. The summed E-state index contributed by atoms with van der Waals surface area (Å²) < 4.78 is 68.9. The third-order valence-corrected chi connectivity index (χ3v) is 32.9. The van der Waals surface area contributed by atoms with Gasteiger partial charge in [-0.1, -0.05) is 94.8 Å². The molecule has 0 rings (SSSR count). The van der Waals surface area contributed by atoms with E-state index in [1.807, 2.05) is 6.92 Å². The molecule has 0 unspecified atom stereocenters. The lowest BCUT2D eigenvalue weighted by molar-refractivity contribution is -0.123. The van der Waals surface area contributed by atoms with E-state index >= 15 is 0 Å². The van der Waals surface area contributed by atoms with Crippen LogP contribution in [0.3, 0.4) is 0 Å². The normalized spacial score (nSPS) is 13.7. The highest BCUT2D eigenvalue weighted by Crippen LogP contribution is 2.35. The number of carbonyl (C=O) groups is 1. The Bertz CT molecular complexity index is 833. The van der Waals surface area contributed by atoms with Crippen LogP contribution < -0.4 is 0 Å². The Hall–Kier alpha value is 0.491. The molecule has 0 amide bonds. The largest absolute Gasteiger partial charge is 0.500 e. The summed E-state index contributed by atoms with van der Waals surface area (Å²) in [6.07, 6.45) is 8.59. The second-order valence-electron chi connectivity index (χ2n) is 15.5. The van der Waals surface area contributed by atoms with Gasteiger partial charge < -0.3 is 53.1 Å². The fourth-order valence-corrected chi connectivity index (χ4v) is 24.2. The van der Waals surface area contributed by atoms with Gasteiger partial charge in [0.05, 0.1) is 16.1 Å². The summed E-state index contributed by atoms with van der Waals surface area (Å²) >= 11 is 0. The summed E-state index contributed by atoms with van der Waals surface area (Å²) in [6.45, 7) is 7.06. The molecule has 0 saturated heterocycles. The van der Waals surface area contributed by atoms with Crippen molar-refractivity contribution in [1.29, 1.82) is 0 Å². The van der Waals surface area contributed by atoms with Gasteiger partial charge in [-0.2, -0.15) is 0 Å². The van der Waals surface area contributed by atoms with Crippen LogP contribution in [0.15, 0.2) is 0 Å². The predicted octanol–water partition coefficient (Wildman–Crippen LogP) is 8.37. The third-order valence-electron chi connectivity index (χ3n) is 12.3. The molecule has 0 aliphatic carbocycles. The van der Waals surface area contributed by atoms with Crippen LogP contribution in [-0.2, 0) is 57.9 Å². The second kappa shape index (κ2) is 28.9. The Morgan fingerprint density at radius 2 is 0.564 bits per heavy atom. The van der Waals surface area contributed by atoms with E-state index in [1.54, 1.807) is 85.3 Å². The van der Waals surface area contributed by atoms with E-state index in [-0.39, 0.29) is 5.92 Å². The lowest BCUT2D eigenvalue weighted by atomic mass is 9.92. The van der Waals surface area contributed by atoms with Gasteiger partial charge in [0.1, 0.15) is 5.78 Å². The minimum atomic E-state index is -2.65. The highest BCUT2D eigenvalue weighted by Gasteiger charge is 2.42. The molecule has 0 aromatic heterocycles. The molecule has 0 aromatic rings. The van der Waals surface area contributed by atoms with Crippen molar-refractivity contribution >= 4 is 57.1 Å².